The molecule has 0 saturated heterocycles. The molecule has 6 heteroatoms. The molecule has 0 fully saturated rings. The van der Waals surface area contributed by atoms with E-state index in [0.717, 1.165) is 128 Å². The standard InChI is InChI=1S/C62H102O6/c1-4-7-10-13-16-19-22-25-28-31-32-35-37-40-43-46-49-52-55-61(64)67-58-59(68-62(65)56-53-50-47-44-41-38-34-30-27-24-21-18-15-12-9-6-3)57-66-60(63)54-51-48-45-42-39-36-33-29-26-23-20-17-14-11-8-5-2/h9,12,16,18-19,21-22,25,27-33,35-36,39,59H,4-8,10-11,13-15,17,20,23-24,26,34,37-38,40-58H2,1-3H3/b12-9-,19-16-,21-18-,25-22-,30-27-,31-28-,33-29-,35-32-,39-36-. The zero-order valence-corrected chi connectivity index (χ0v) is 44.1. The highest BCUT2D eigenvalue weighted by Crippen LogP contribution is 2.13. The van der Waals surface area contributed by atoms with Gasteiger partial charge >= 0.3 is 17.9 Å². The Bertz CT molecular complexity index is 1410. The zero-order valence-electron chi connectivity index (χ0n) is 44.1. The Morgan fingerprint density at radius 1 is 0.324 bits per heavy atom. The molecular weight excluding hydrogens is 841 g/mol. The van der Waals surface area contributed by atoms with E-state index in [9.17, 15) is 14.4 Å². The first kappa shape index (κ1) is 64.1. The van der Waals surface area contributed by atoms with E-state index >= 15 is 0 Å². The van der Waals surface area contributed by atoms with Crippen LogP contribution in [-0.2, 0) is 28.6 Å². The summed E-state index contributed by atoms with van der Waals surface area (Å²) in [5, 5.41) is 0. The number of ether oxygens (including phenoxy) is 3. The third kappa shape index (κ3) is 53.0. The van der Waals surface area contributed by atoms with Gasteiger partial charge in [-0.15, -0.1) is 0 Å². The summed E-state index contributed by atoms with van der Waals surface area (Å²) in [5.41, 5.74) is 0. The summed E-state index contributed by atoms with van der Waals surface area (Å²) < 4.78 is 16.8. The van der Waals surface area contributed by atoms with Gasteiger partial charge in [-0.25, -0.2) is 0 Å². The monoisotopic (exact) mass is 943 g/mol. The second-order valence-electron chi connectivity index (χ2n) is 18.2. The molecule has 0 aliphatic carbocycles. The van der Waals surface area contributed by atoms with Gasteiger partial charge in [0.15, 0.2) is 6.10 Å². The van der Waals surface area contributed by atoms with Crippen molar-refractivity contribution in [3.8, 4) is 0 Å². The summed E-state index contributed by atoms with van der Waals surface area (Å²) >= 11 is 0. The predicted molar refractivity (Wildman–Crippen MR) is 293 cm³/mol. The largest absolute Gasteiger partial charge is 0.462 e. The number of hydrogen-bond acceptors (Lipinski definition) is 6. The fourth-order valence-corrected chi connectivity index (χ4v) is 7.40. The van der Waals surface area contributed by atoms with Gasteiger partial charge in [0.2, 0.25) is 0 Å². The molecule has 0 heterocycles. The highest BCUT2D eigenvalue weighted by molar-refractivity contribution is 5.71. The summed E-state index contributed by atoms with van der Waals surface area (Å²) in [6.07, 6.45) is 74.9. The summed E-state index contributed by atoms with van der Waals surface area (Å²) in [6, 6.07) is 0. The van der Waals surface area contributed by atoms with Crippen molar-refractivity contribution >= 4 is 17.9 Å². The van der Waals surface area contributed by atoms with Crippen LogP contribution in [0.3, 0.4) is 0 Å². The molecule has 0 radical (unpaired) electrons. The van der Waals surface area contributed by atoms with E-state index < -0.39 is 6.10 Å². The van der Waals surface area contributed by atoms with Crippen LogP contribution in [0, 0.1) is 0 Å². The minimum Gasteiger partial charge on any atom is -0.462 e. The van der Waals surface area contributed by atoms with Crippen LogP contribution in [0.1, 0.15) is 245 Å². The number of carbonyl (C=O) groups is 3. The lowest BCUT2D eigenvalue weighted by atomic mass is 10.1. The molecule has 0 rings (SSSR count). The molecule has 386 valence electrons. The third-order valence-corrected chi connectivity index (χ3v) is 11.6. The summed E-state index contributed by atoms with van der Waals surface area (Å²) in [4.78, 5) is 38.1. The first-order chi connectivity index (χ1) is 33.5. The van der Waals surface area contributed by atoms with Crippen LogP contribution < -0.4 is 0 Å². The molecule has 0 aliphatic rings. The SMILES string of the molecule is CC/C=C\C/C=C\C/C=C\CCCCCCCCC(=O)OC(COC(=O)CCCCC/C=C\C=C/CCCCCCCCC)COC(=O)CCCCCCC\C=C/C=C\C=C/C=C\CCCCC. The summed E-state index contributed by atoms with van der Waals surface area (Å²) in [5.74, 6) is -0.967. The highest BCUT2D eigenvalue weighted by Gasteiger charge is 2.19. The lowest BCUT2D eigenvalue weighted by molar-refractivity contribution is -0.167. The van der Waals surface area contributed by atoms with Crippen molar-refractivity contribution in [2.24, 2.45) is 0 Å². The van der Waals surface area contributed by atoms with Gasteiger partial charge in [-0.3, -0.25) is 14.4 Å². The second kappa shape index (κ2) is 55.7. The van der Waals surface area contributed by atoms with E-state index in [1.54, 1.807) is 0 Å². The number of esters is 3. The van der Waals surface area contributed by atoms with E-state index in [-0.39, 0.29) is 31.1 Å². The van der Waals surface area contributed by atoms with Crippen molar-refractivity contribution in [3.05, 3.63) is 109 Å². The number of hydrogen-bond donors (Lipinski definition) is 0. The van der Waals surface area contributed by atoms with E-state index in [4.69, 9.17) is 14.2 Å². The Labute approximate surface area is 419 Å². The minimum atomic E-state index is -0.808. The lowest BCUT2D eigenvalue weighted by Crippen LogP contribution is -2.30. The fourth-order valence-electron chi connectivity index (χ4n) is 7.40. The maximum Gasteiger partial charge on any atom is 0.306 e. The lowest BCUT2D eigenvalue weighted by Gasteiger charge is -2.18. The Kier molecular flexibility index (Phi) is 52.4. The number of allylic oxidation sites excluding steroid dienone is 18. The molecule has 1 unspecified atom stereocenters. The molecule has 6 nitrogen and oxygen atoms in total. The van der Waals surface area contributed by atoms with Crippen LogP contribution in [0.4, 0.5) is 0 Å². The normalized spacial score (nSPS) is 12.9. The van der Waals surface area contributed by atoms with Gasteiger partial charge in [0.1, 0.15) is 13.2 Å². The molecule has 0 aliphatic heterocycles. The number of rotatable bonds is 49. The van der Waals surface area contributed by atoms with Crippen molar-refractivity contribution in [1.29, 1.82) is 0 Å². The van der Waals surface area contributed by atoms with Gasteiger partial charge in [-0.05, 0) is 103 Å². The third-order valence-electron chi connectivity index (χ3n) is 11.6. The van der Waals surface area contributed by atoms with Crippen molar-refractivity contribution in [2.45, 2.75) is 252 Å². The van der Waals surface area contributed by atoms with Gasteiger partial charge in [0.05, 0.1) is 0 Å². The van der Waals surface area contributed by atoms with Gasteiger partial charge in [0.25, 0.3) is 0 Å². The van der Waals surface area contributed by atoms with Crippen LogP contribution in [-0.4, -0.2) is 37.2 Å². The van der Waals surface area contributed by atoms with Gasteiger partial charge < -0.3 is 14.2 Å². The van der Waals surface area contributed by atoms with Gasteiger partial charge in [-0.2, -0.15) is 0 Å². The molecule has 0 bridgehead atoms. The van der Waals surface area contributed by atoms with Crippen LogP contribution >= 0.6 is 0 Å². The quantitative estimate of drug-likeness (QED) is 0.0199. The second-order valence-corrected chi connectivity index (χ2v) is 18.2. The highest BCUT2D eigenvalue weighted by atomic mass is 16.6. The predicted octanol–water partition coefficient (Wildman–Crippen LogP) is 18.7. The average Bonchev–Trinajstić information content (AvgIpc) is 3.34. The molecule has 0 aromatic rings. The molecule has 0 saturated carbocycles. The molecule has 0 amide bonds. The number of unbranched alkanes of at least 4 members (excludes halogenated alkanes) is 24. The Hall–Kier alpha value is -3.93. The molecule has 0 aromatic heterocycles. The van der Waals surface area contributed by atoms with E-state index in [1.165, 1.54) is 77.0 Å². The maximum absolute atomic E-state index is 12.8. The zero-order chi connectivity index (χ0) is 49.3. The van der Waals surface area contributed by atoms with Crippen molar-refractivity contribution in [3.63, 3.8) is 0 Å². The molecule has 0 aromatic carbocycles. The van der Waals surface area contributed by atoms with Crippen LogP contribution in [0.25, 0.3) is 0 Å². The van der Waals surface area contributed by atoms with Crippen LogP contribution in [0.2, 0.25) is 0 Å². The molecular formula is C62H102O6. The summed E-state index contributed by atoms with van der Waals surface area (Å²) in [6.45, 7) is 6.43. The fraction of sp³-hybridized carbons (Fsp3) is 0.661. The maximum atomic E-state index is 12.8. The van der Waals surface area contributed by atoms with Crippen LogP contribution in [0.5, 0.6) is 0 Å². The molecule has 0 N–H and O–H groups in total. The van der Waals surface area contributed by atoms with Crippen molar-refractivity contribution in [2.75, 3.05) is 13.2 Å². The van der Waals surface area contributed by atoms with E-state index in [0.29, 0.717) is 19.3 Å². The Morgan fingerprint density at radius 2 is 0.632 bits per heavy atom. The van der Waals surface area contributed by atoms with Crippen LogP contribution in [0.15, 0.2) is 109 Å². The number of carbonyl (C=O) groups excluding carboxylic acids is 3. The average molecular weight is 943 g/mol. The topological polar surface area (TPSA) is 78.9 Å². The smallest absolute Gasteiger partial charge is 0.306 e. The van der Waals surface area contributed by atoms with Gasteiger partial charge in [0, 0.05) is 19.3 Å². The molecule has 0 spiro atoms. The molecule has 1 atom stereocenters. The van der Waals surface area contributed by atoms with Gasteiger partial charge in [-0.1, -0.05) is 233 Å². The van der Waals surface area contributed by atoms with E-state index in [2.05, 4.69) is 130 Å². The van der Waals surface area contributed by atoms with E-state index in [1.807, 2.05) is 0 Å². The molecule has 68 heavy (non-hydrogen) atoms. The first-order valence-corrected chi connectivity index (χ1v) is 28.0. The Morgan fingerprint density at radius 3 is 1.09 bits per heavy atom. The minimum absolute atomic E-state index is 0.106. The van der Waals surface area contributed by atoms with Crippen molar-refractivity contribution in [1.82, 2.24) is 0 Å². The van der Waals surface area contributed by atoms with Crippen molar-refractivity contribution < 1.29 is 28.6 Å². The summed E-state index contributed by atoms with van der Waals surface area (Å²) in [7, 11) is 0. The Balaban J connectivity index is 4.52. The first-order valence-electron chi connectivity index (χ1n) is 28.0.